The third kappa shape index (κ3) is 5.98. The van der Waals surface area contributed by atoms with Gasteiger partial charge in [-0.1, -0.05) is 24.3 Å². The number of hydrogen-bond donors (Lipinski definition) is 2. The van der Waals surface area contributed by atoms with E-state index < -0.39 is 0 Å². The van der Waals surface area contributed by atoms with Crippen molar-refractivity contribution in [2.45, 2.75) is 26.8 Å². The summed E-state index contributed by atoms with van der Waals surface area (Å²) in [5.74, 6) is 0. The molecule has 0 spiro atoms. The molecule has 0 saturated heterocycles. The van der Waals surface area contributed by atoms with Crippen LogP contribution in [0.4, 0.5) is 0 Å². The molecule has 100 valence electrons. The molecule has 0 fully saturated rings. The molecular formula is C14H22N2OS. The zero-order valence-corrected chi connectivity index (χ0v) is 12.0. The van der Waals surface area contributed by atoms with Crippen molar-refractivity contribution >= 4 is 17.3 Å². The molecule has 1 rings (SSSR count). The van der Waals surface area contributed by atoms with Gasteiger partial charge in [0.05, 0.1) is 0 Å². The second-order valence-electron chi connectivity index (χ2n) is 4.09. The molecule has 0 unspecified atom stereocenters. The normalized spacial score (nSPS) is 10.1. The van der Waals surface area contributed by atoms with Gasteiger partial charge >= 0.3 is 0 Å². The Morgan fingerprint density at radius 3 is 2.78 bits per heavy atom. The quantitative estimate of drug-likeness (QED) is 0.586. The van der Waals surface area contributed by atoms with Crippen molar-refractivity contribution < 1.29 is 4.74 Å². The van der Waals surface area contributed by atoms with Gasteiger partial charge in [0.2, 0.25) is 0 Å². The summed E-state index contributed by atoms with van der Waals surface area (Å²) in [6.45, 7) is 7.28. The van der Waals surface area contributed by atoms with E-state index in [0.29, 0.717) is 5.11 Å². The van der Waals surface area contributed by atoms with Crippen molar-refractivity contribution in [3.05, 3.63) is 35.4 Å². The lowest BCUT2D eigenvalue weighted by molar-refractivity contribution is 0.145. The zero-order chi connectivity index (χ0) is 13.2. The van der Waals surface area contributed by atoms with Crippen LogP contribution in [-0.2, 0) is 11.3 Å². The molecule has 0 radical (unpaired) electrons. The summed E-state index contributed by atoms with van der Waals surface area (Å²) in [6.07, 6.45) is 0.972. The molecule has 1 aromatic carbocycles. The highest BCUT2D eigenvalue weighted by Crippen LogP contribution is 2.05. The first kappa shape index (κ1) is 14.9. The molecule has 0 atom stereocenters. The predicted molar refractivity (Wildman–Crippen MR) is 79.7 cm³/mol. The van der Waals surface area contributed by atoms with Gasteiger partial charge in [-0.15, -0.1) is 0 Å². The Morgan fingerprint density at radius 2 is 2.06 bits per heavy atom. The van der Waals surface area contributed by atoms with Crippen LogP contribution in [0.3, 0.4) is 0 Å². The van der Waals surface area contributed by atoms with Crippen LogP contribution in [0.25, 0.3) is 0 Å². The predicted octanol–water partition coefficient (Wildman–Crippen LogP) is 2.39. The van der Waals surface area contributed by atoms with Crippen LogP contribution in [0.5, 0.6) is 0 Å². The van der Waals surface area contributed by atoms with Crippen LogP contribution in [0.2, 0.25) is 0 Å². The van der Waals surface area contributed by atoms with Crippen LogP contribution in [0.1, 0.15) is 24.5 Å². The lowest BCUT2D eigenvalue weighted by Crippen LogP contribution is -2.35. The minimum atomic E-state index is 0.703. The fraction of sp³-hybridized carbons (Fsp3) is 0.500. The topological polar surface area (TPSA) is 33.3 Å². The Morgan fingerprint density at radius 1 is 1.28 bits per heavy atom. The first-order valence-electron chi connectivity index (χ1n) is 6.38. The van der Waals surface area contributed by atoms with Crippen LogP contribution < -0.4 is 10.6 Å². The second-order valence-corrected chi connectivity index (χ2v) is 4.49. The maximum Gasteiger partial charge on any atom is 0.166 e. The van der Waals surface area contributed by atoms with Gasteiger partial charge in [0.1, 0.15) is 0 Å². The first-order valence-corrected chi connectivity index (χ1v) is 6.78. The van der Waals surface area contributed by atoms with E-state index in [1.54, 1.807) is 0 Å². The second kappa shape index (κ2) is 8.89. The Bertz CT molecular complexity index is 369. The molecule has 1 aromatic rings. The zero-order valence-electron chi connectivity index (χ0n) is 11.2. The maximum atomic E-state index is 5.26. The largest absolute Gasteiger partial charge is 0.382 e. The lowest BCUT2D eigenvalue weighted by Gasteiger charge is -2.11. The molecular weight excluding hydrogens is 244 g/mol. The van der Waals surface area contributed by atoms with E-state index in [1.807, 2.05) is 19.1 Å². The first-order chi connectivity index (χ1) is 8.74. The molecule has 0 bridgehead atoms. The third-order valence-electron chi connectivity index (χ3n) is 2.66. The van der Waals surface area contributed by atoms with Gasteiger partial charge in [-0.2, -0.15) is 0 Å². The van der Waals surface area contributed by atoms with Gasteiger partial charge in [0, 0.05) is 26.3 Å². The van der Waals surface area contributed by atoms with E-state index in [9.17, 15) is 0 Å². The standard InChI is InChI=1S/C14H22N2OS/c1-3-17-10-6-9-15-14(18)16-11-13-8-5-4-7-12(13)2/h4-5,7-8H,3,6,9-11H2,1-2H3,(H2,15,16,18). The molecule has 0 aromatic heterocycles. The van der Waals surface area contributed by atoms with Crippen molar-refractivity contribution in [3.63, 3.8) is 0 Å². The summed E-state index contributed by atoms with van der Waals surface area (Å²) in [7, 11) is 0. The van der Waals surface area contributed by atoms with Gasteiger partial charge in [0.25, 0.3) is 0 Å². The van der Waals surface area contributed by atoms with E-state index >= 15 is 0 Å². The average Bonchev–Trinajstić information content (AvgIpc) is 2.37. The fourth-order valence-corrected chi connectivity index (χ4v) is 1.74. The monoisotopic (exact) mass is 266 g/mol. The van der Waals surface area contributed by atoms with E-state index in [0.717, 1.165) is 32.7 Å². The number of hydrogen-bond acceptors (Lipinski definition) is 2. The van der Waals surface area contributed by atoms with Gasteiger partial charge in [-0.3, -0.25) is 0 Å². The Kier molecular flexibility index (Phi) is 7.37. The van der Waals surface area contributed by atoms with Gasteiger partial charge < -0.3 is 15.4 Å². The molecule has 0 heterocycles. The number of rotatable bonds is 7. The molecule has 18 heavy (non-hydrogen) atoms. The highest BCUT2D eigenvalue weighted by atomic mass is 32.1. The summed E-state index contributed by atoms with van der Waals surface area (Å²) < 4.78 is 5.26. The van der Waals surface area contributed by atoms with Crippen molar-refractivity contribution in [1.82, 2.24) is 10.6 Å². The maximum absolute atomic E-state index is 5.26. The van der Waals surface area contributed by atoms with Crippen molar-refractivity contribution in [2.24, 2.45) is 0 Å². The molecule has 0 aliphatic heterocycles. The minimum Gasteiger partial charge on any atom is -0.382 e. The van der Waals surface area contributed by atoms with Crippen molar-refractivity contribution in [1.29, 1.82) is 0 Å². The number of thiocarbonyl (C=S) groups is 1. The third-order valence-corrected chi connectivity index (χ3v) is 2.94. The van der Waals surface area contributed by atoms with E-state index in [2.05, 4.69) is 29.7 Å². The van der Waals surface area contributed by atoms with Crippen molar-refractivity contribution in [3.8, 4) is 0 Å². The van der Waals surface area contributed by atoms with Gasteiger partial charge in [-0.25, -0.2) is 0 Å². The SMILES string of the molecule is CCOCCCNC(=S)NCc1ccccc1C. The molecule has 4 heteroatoms. The Hall–Kier alpha value is -1.13. The van der Waals surface area contributed by atoms with Gasteiger partial charge in [-0.05, 0) is 43.6 Å². The van der Waals surface area contributed by atoms with E-state index in [1.165, 1.54) is 11.1 Å². The lowest BCUT2D eigenvalue weighted by atomic mass is 10.1. The smallest absolute Gasteiger partial charge is 0.166 e. The van der Waals surface area contributed by atoms with Gasteiger partial charge in [0.15, 0.2) is 5.11 Å². The summed E-state index contributed by atoms with van der Waals surface area (Å²) in [6, 6.07) is 8.31. The number of benzene rings is 1. The van der Waals surface area contributed by atoms with E-state index in [-0.39, 0.29) is 0 Å². The minimum absolute atomic E-state index is 0.703. The Labute approximate surface area is 115 Å². The van der Waals surface area contributed by atoms with Crippen LogP contribution >= 0.6 is 12.2 Å². The highest BCUT2D eigenvalue weighted by molar-refractivity contribution is 7.80. The Balaban J connectivity index is 2.15. The summed E-state index contributed by atoms with van der Waals surface area (Å²) >= 11 is 5.21. The molecule has 2 N–H and O–H groups in total. The van der Waals surface area contributed by atoms with Crippen LogP contribution in [-0.4, -0.2) is 24.9 Å². The molecule has 0 aliphatic rings. The molecule has 0 amide bonds. The van der Waals surface area contributed by atoms with Crippen molar-refractivity contribution in [2.75, 3.05) is 19.8 Å². The van der Waals surface area contributed by atoms with E-state index in [4.69, 9.17) is 17.0 Å². The number of ether oxygens (including phenoxy) is 1. The molecule has 0 saturated carbocycles. The summed E-state index contributed by atoms with van der Waals surface area (Å²) in [5, 5.41) is 7.09. The average molecular weight is 266 g/mol. The summed E-state index contributed by atoms with van der Waals surface area (Å²) in [4.78, 5) is 0. The molecule has 3 nitrogen and oxygen atoms in total. The number of nitrogens with one attached hydrogen (secondary N) is 2. The highest BCUT2D eigenvalue weighted by Gasteiger charge is 1.98. The number of aryl methyl sites for hydroxylation is 1. The van der Waals surface area contributed by atoms with Crippen LogP contribution in [0, 0.1) is 6.92 Å². The molecule has 0 aliphatic carbocycles. The summed E-state index contributed by atoms with van der Waals surface area (Å²) in [5.41, 5.74) is 2.56. The van der Waals surface area contributed by atoms with Crippen LogP contribution in [0.15, 0.2) is 24.3 Å². The fourth-order valence-electron chi connectivity index (χ4n) is 1.57.